The van der Waals surface area contributed by atoms with Crippen molar-refractivity contribution in [2.24, 2.45) is 11.3 Å². The van der Waals surface area contributed by atoms with Crippen molar-refractivity contribution >= 4 is 5.97 Å². The van der Waals surface area contributed by atoms with E-state index in [9.17, 15) is 4.79 Å². The number of nitrogens with one attached hydrogen (secondary N) is 1. The van der Waals surface area contributed by atoms with Gasteiger partial charge in [0.2, 0.25) is 0 Å². The maximum absolute atomic E-state index is 11.1. The number of carbonyl (C=O) groups is 1. The number of aliphatic carboxylic acids is 1. The van der Waals surface area contributed by atoms with Crippen LogP contribution in [0.4, 0.5) is 0 Å². The summed E-state index contributed by atoms with van der Waals surface area (Å²) in [4.78, 5) is 11.1. The van der Waals surface area contributed by atoms with Crippen LogP contribution in [0.15, 0.2) is 0 Å². The van der Waals surface area contributed by atoms with Crippen molar-refractivity contribution in [2.75, 3.05) is 0 Å². The molecule has 0 aromatic heterocycles. The zero-order valence-electron chi connectivity index (χ0n) is 10.9. The van der Waals surface area contributed by atoms with E-state index in [-0.39, 0.29) is 6.04 Å². The largest absolute Gasteiger partial charge is 0.480 e. The summed E-state index contributed by atoms with van der Waals surface area (Å²) in [6.07, 6.45) is 4.11. The maximum atomic E-state index is 11.1. The molecular formula is C13H25NO2. The van der Waals surface area contributed by atoms with E-state index < -0.39 is 5.97 Å². The van der Waals surface area contributed by atoms with Gasteiger partial charge in [-0.25, -0.2) is 0 Å². The van der Waals surface area contributed by atoms with Crippen LogP contribution in [0.3, 0.4) is 0 Å². The lowest BCUT2D eigenvalue weighted by Crippen LogP contribution is -2.43. The molecule has 1 fully saturated rings. The van der Waals surface area contributed by atoms with Gasteiger partial charge in [0.05, 0.1) is 0 Å². The van der Waals surface area contributed by atoms with E-state index in [2.05, 4.69) is 33.0 Å². The van der Waals surface area contributed by atoms with Crippen LogP contribution in [0.2, 0.25) is 0 Å². The van der Waals surface area contributed by atoms with Gasteiger partial charge >= 0.3 is 5.97 Å². The summed E-state index contributed by atoms with van der Waals surface area (Å²) in [6, 6.07) is 0.00810. The molecule has 1 rings (SSSR count). The molecule has 2 unspecified atom stereocenters. The van der Waals surface area contributed by atoms with Crippen molar-refractivity contribution in [1.82, 2.24) is 5.32 Å². The van der Waals surface area contributed by atoms with E-state index in [0.29, 0.717) is 23.8 Å². The molecule has 0 radical (unpaired) electrons. The lowest BCUT2D eigenvalue weighted by atomic mass is 9.91. The molecule has 3 nitrogen and oxygen atoms in total. The highest BCUT2D eigenvalue weighted by atomic mass is 16.4. The number of carboxylic acids is 1. The smallest absolute Gasteiger partial charge is 0.320 e. The number of hydrogen-bond acceptors (Lipinski definition) is 2. The number of hydrogen-bond donors (Lipinski definition) is 2. The highest BCUT2D eigenvalue weighted by Gasteiger charge is 2.33. The fraction of sp³-hybridized carbons (Fsp3) is 0.923. The minimum atomic E-state index is -0.710. The molecule has 1 aliphatic rings. The van der Waals surface area contributed by atoms with Crippen molar-refractivity contribution < 1.29 is 9.90 Å². The molecule has 94 valence electrons. The molecule has 0 aromatic rings. The second-order valence-corrected chi connectivity index (χ2v) is 6.29. The molecule has 2 N–H and O–H groups in total. The molecule has 1 aliphatic carbocycles. The van der Waals surface area contributed by atoms with E-state index in [1.54, 1.807) is 0 Å². The number of carboxylic acid groups (broad SMARTS) is 1. The summed E-state index contributed by atoms with van der Waals surface area (Å²) in [6.45, 7) is 8.65. The third-order valence-corrected chi connectivity index (χ3v) is 3.41. The minimum Gasteiger partial charge on any atom is -0.480 e. The molecule has 0 aromatic carbocycles. The van der Waals surface area contributed by atoms with Crippen molar-refractivity contribution in [1.29, 1.82) is 0 Å². The van der Waals surface area contributed by atoms with Gasteiger partial charge < -0.3 is 10.4 Å². The van der Waals surface area contributed by atoms with Crippen LogP contribution >= 0.6 is 0 Å². The zero-order valence-corrected chi connectivity index (χ0v) is 10.9. The lowest BCUT2D eigenvalue weighted by Gasteiger charge is -2.22. The van der Waals surface area contributed by atoms with Gasteiger partial charge in [0, 0.05) is 6.04 Å². The van der Waals surface area contributed by atoms with Crippen LogP contribution in [-0.2, 0) is 4.79 Å². The Kier molecular flexibility index (Phi) is 4.36. The van der Waals surface area contributed by atoms with Gasteiger partial charge in [0.15, 0.2) is 0 Å². The van der Waals surface area contributed by atoms with Gasteiger partial charge in [0.1, 0.15) is 6.04 Å². The normalized spacial score (nSPS) is 25.9. The topological polar surface area (TPSA) is 49.3 Å². The van der Waals surface area contributed by atoms with E-state index in [0.717, 1.165) is 12.8 Å². The Labute approximate surface area is 98.6 Å². The van der Waals surface area contributed by atoms with Crippen LogP contribution in [-0.4, -0.2) is 23.2 Å². The Morgan fingerprint density at radius 2 is 2.12 bits per heavy atom. The molecule has 0 bridgehead atoms. The Balaban J connectivity index is 2.47. The third-order valence-electron chi connectivity index (χ3n) is 3.41. The summed E-state index contributed by atoms with van der Waals surface area (Å²) in [5.74, 6) is -0.290. The molecule has 0 heterocycles. The highest BCUT2D eigenvalue weighted by molar-refractivity contribution is 5.73. The minimum absolute atomic E-state index is 0.374. The van der Waals surface area contributed by atoms with Gasteiger partial charge in [-0.1, -0.05) is 27.7 Å². The monoisotopic (exact) mass is 227 g/mol. The Bertz CT molecular complexity index is 248. The first kappa shape index (κ1) is 13.5. The highest BCUT2D eigenvalue weighted by Crippen LogP contribution is 2.37. The second kappa shape index (κ2) is 5.17. The van der Waals surface area contributed by atoms with Crippen molar-refractivity contribution in [2.45, 2.75) is 65.5 Å². The molecule has 2 atom stereocenters. The summed E-state index contributed by atoms with van der Waals surface area (Å²) < 4.78 is 0. The first-order valence-electron chi connectivity index (χ1n) is 6.29. The van der Waals surface area contributed by atoms with Crippen LogP contribution in [0.25, 0.3) is 0 Å². The molecule has 3 heteroatoms. The van der Waals surface area contributed by atoms with E-state index in [1.165, 1.54) is 6.42 Å². The molecule has 0 amide bonds. The van der Waals surface area contributed by atoms with E-state index in [4.69, 9.17) is 5.11 Å². The SMILES string of the molecule is CC(C)CC(NC1CCC(C)(C)C1)C(=O)O. The van der Waals surface area contributed by atoms with Gasteiger partial charge in [-0.3, -0.25) is 4.79 Å². The molecule has 0 aliphatic heterocycles. The standard InChI is InChI=1S/C13H25NO2/c1-9(2)7-11(12(15)16)14-10-5-6-13(3,4)8-10/h9-11,14H,5-8H2,1-4H3,(H,15,16). The molecule has 1 saturated carbocycles. The van der Waals surface area contributed by atoms with Gasteiger partial charge in [-0.15, -0.1) is 0 Å². The molecule has 16 heavy (non-hydrogen) atoms. The predicted octanol–water partition coefficient (Wildman–Crippen LogP) is 2.65. The first-order chi connectivity index (χ1) is 7.30. The summed E-state index contributed by atoms with van der Waals surface area (Å²) in [5, 5.41) is 12.5. The Hall–Kier alpha value is -0.570. The van der Waals surface area contributed by atoms with Gasteiger partial charge in [0.25, 0.3) is 0 Å². The van der Waals surface area contributed by atoms with Gasteiger partial charge in [-0.05, 0) is 37.0 Å². The number of rotatable bonds is 5. The van der Waals surface area contributed by atoms with Crippen molar-refractivity contribution in [3.05, 3.63) is 0 Å². The average Bonchev–Trinajstić information content (AvgIpc) is 2.43. The quantitative estimate of drug-likeness (QED) is 0.759. The van der Waals surface area contributed by atoms with E-state index in [1.807, 2.05) is 0 Å². The molecule has 0 spiro atoms. The van der Waals surface area contributed by atoms with Crippen LogP contribution < -0.4 is 5.32 Å². The summed E-state index contributed by atoms with van der Waals surface area (Å²) in [5.41, 5.74) is 0.374. The van der Waals surface area contributed by atoms with Crippen LogP contribution in [0, 0.1) is 11.3 Å². The zero-order chi connectivity index (χ0) is 12.3. The Morgan fingerprint density at radius 1 is 1.50 bits per heavy atom. The van der Waals surface area contributed by atoms with Crippen LogP contribution in [0.1, 0.15) is 53.4 Å². The first-order valence-corrected chi connectivity index (χ1v) is 6.29. The third kappa shape index (κ3) is 4.12. The molecular weight excluding hydrogens is 202 g/mol. The fourth-order valence-electron chi connectivity index (χ4n) is 2.57. The van der Waals surface area contributed by atoms with Crippen molar-refractivity contribution in [3.8, 4) is 0 Å². The Morgan fingerprint density at radius 3 is 2.50 bits per heavy atom. The summed E-state index contributed by atoms with van der Waals surface area (Å²) >= 11 is 0. The maximum Gasteiger partial charge on any atom is 0.320 e. The fourth-order valence-corrected chi connectivity index (χ4v) is 2.57. The van der Waals surface area contributed by atoms with Crippen molar-refractivity contribution in [3.63, 3.8) is 0 Å². The summed E-state index contributed by atoms with van der Waals surface area (Å²) in [7, 11) is 0. The molecule has 0 saturated heterocycles. The average molecular weight is 227 g/mol. The van der Waals surface area contributed by atoms with E-state index >= 15 is 0 Å². The second-order valence-electron chi connectivity index (χ2n) is 6.29. The van der Waals surface area contributed by atoms with Gasteiger partial charge in [-0.2, -0.15) is 0 Å². The van der Waals surface area contributed by atoms with Crippen LogP contribution in [0.5, 0.6) is 0 Å². The lowest BCUT2D eigenvalue weighted by molar-refractivity contribution is -0.140. The predicted molar refractivity (Wildman–Crippen MR) is 65.4 cm³/mol.